The van der Waals surface area contributed by atoms with Crippen LogP contribution in [-0.2, 0) is 11.2 Å². The number of aliphatic hydroxyl groups excluding tert-OH is 1. The van der Waals surface area contributed by atoms with Crippen molar-refractivity contribution < 1.29 is 24.2 Å². The summed E-state index contributed by atoms with van der Waals surface area (Å²) in [6, 6.07) is 12.2. The van der Waals surface area contributed by atoms with Crippen LogP contribution in [0.1, 0.15) is 36.8 Å². The molecule has 1 atom stereocenters. The fraction of sp³-hybridized carbons (Fsp3) is 0.333. The zero-order valence-corrected chi connectivity index (χ0v) is 18.3. The van der Waals surface area contributed by atoms with Gasteiger partial charge in [0.1, 0.15) is 5.69 Å². The monoisotopic (exact) mass is 437 g/mol. The number of anilines is 1. The number of rotatable bonds is 6. The van der Waals surface area contributed by atoms with E-state index in [9.17, 15) is 14.7 Å². The van der Waals surface area contributed by atoms with Crippen LogP contribution in [0.4, 0.5) is 5.69 Å². The van der Waals surface area contributed by atoms with Crippen LogP contribution in [0.2, 0.25) is 0 Å². The molecule has 0 aliphatic carbocycles. The number of aromatic amines is 1. The lowest BCUT2D eigenvalue weighted by Gasteiger charge is -2.29. The van der Waals surface area contributed by atoms with Crippen molar-refractivity contribution in [2.24, 2.45) is 5.41 Å². The number of benzene rings is 2. The van der Waals surface area contributed by atoms with Gasteiger partial charge in [-0.25, -0.2) is 0 Å². The molecule has 0 unspecified atom stereocenters. The summed E-state index contributed by atoms with van der Waals surface area (Å²) in [5.74, 6) is 0.876. The third kappa shape index (κ3) is 4.70. The lowest BCUT2D eigenvalue weighted by Crippen LogP contribution is -2.46. The van der Waals surface area contributed by atoms with Crippen molar-refractivity contribution in [3.63, 3.8) is 0 Å². The van der Waals surface area contributed by atoms with Gasteiger partial charge in [-0.3, -0.25) is 9.59 Å². The van der Waals surface area contributed by atoms with Crippen molar-refractivity contribution in [2.45, 2.75) is 33.2 Å². The number of aliphatic hydroxyl groups is 1. The minimum Gasteiger partial charge on any atom is -0.454 e. The largest absolute Gasteiger partial charge is 0.454 e. The highest BCUT2D eigenvalue weighted by atomic mass is 16.7. The molecule has 8 nitrogen and oxygen atoms in total. The highest BCUT2D eigenvalue weighted by Gasteiger charge is 2.26. The van der Waals surface area contributed by atoms with Crippen molar-refractivity contribution in [3.05, 3.63) is 53.7 Å². The highest BCUT2D eigenvalue weighted by molar-refractivity contribution is 6.00. The van der Waals surface area contributed by atoms with Gasteiger partial charge in [0.25, 0.3) is 5.91 Å². The molecule has 0 saturated heterocycles. The molecule has 0 bridgehead atoms. The van der Waals surface area contributed by atoms with Crippen molar-refractivity contribution in [1.82, 2.24) is 10.3 Å². The number of hydrogen-bond acceptors (Lipinski definition) is 5. The first-order valence-electron chi connectivity index (χ1n) is 10.5. The first kappa shape index (κ1) is 21.7. The van der Waals surface area contributed by atoms with Gasteiger partial charge in [0.05, 0.1) is 19.1 Å². The van der Waals surface area contributed by atoms with Crippen LogP contribution in [0.25, 0.3) is 10.9 Å². The van der Waals surface area contributed by atoms with E-state index in [1.54, 1.807) is 24.3 Å². The Morgan fingerprint density at radius 1 is 1.09 bits per heavy atom. The molecule has 2 amide bonds. The third-order valence-corrected chi connectivity index (χ3v) is 5.48. The molecule has 0 radical (unpaired) electrons. The lowest BCUT2D eigenvalue weighted by atomic mass is 9.87. The summed E-state index contributed by atoms with van der Waals surface area (Å²) in [5.41, 5.74) is 2.36. The van der Waals surface area contributed by atoms with Crippen LogP contribution in [-0.4, -0.2) is 41.3 Å². The van der Waals surface area contributed by atoms with Gasteiger partial charge in [-0.1, -0.05) is 26.8 Å². The van der Waals surface area contributed by atoms with E-state index in [0.29, 0.717) is 22.9 Å². The molecule has 168 valence electrons. The van der Waals surface area contributed by atoms with Gasteiger partial charge < -0.3 is 30.2 Å². The van der Waals surface area contributed by atoms with E-state index in [1.807, 2.05) is 39.0 Å². The second kappa shape index (κ2) is 8.55. The molecular weight excluding hydrogens is 410 g/mol. The van der Waals surface area contributed by atoms with Crippen LogP contribution in [0, 0.1) is 5.41 Å². The van der Waals surface area contributed by atoms with Crippen LogP contribution in [0.5, 0.6) is 11.5 Å². The third-order valence-electron chi connectivity index (χ3n) is 5.48. The molecular formula is C24H27N3O5. The number of carbonyl (C=O) groups is 2. The average Bonchev–Trinajstić information content (AvgIpc) is 3.36. The summed E-state index contributed by atoms with van der Waals surface area (Å²) in [4.78, 5) is 28.2. The van der Waals surface area contributed by atoms with E-state index in [0.717, 1.165) is 16.5 Å². The summed E-state index contributed by atoms with van der Waals surface area (Å²) < 4.78 is 10.6. The Kier molecular flexibility index (Phi) is 5.80. The number of hydrogen-bond donors (Lipinski definition) is 4. The van der Waals surface area contributed by atoms with E-state index in [1.165, 1.54) is 0 Å². The second-order valence-corrected chi connectivity index (χ2v) is 8.97. The smallest absolute Gasteiger partial charge is 0.268 e. The zero-order chi connectivity index (χ0) is 22.9. The van der Waals surface area contributed by atoms with Crippen molar-refractivity contribution in [2.75, 3.05) is 18.7 Å². The molecule has 1 aliphatic heterocycles. The fourth-order valence-corrected chi connectivity index (χ4v) is 3.55. The Balaban J connectivity index is 1.43. The number of aromatic nitrogens is 1. The number of amides is 2. The van der Waals surface area contributed by atoms with Gasteiger partial charge in [0, 0.05) is 16.6 Å². The van der Waals surface area contributed by atoms with E-state index in [2.05, 4.69) is 15.6 Å². The maximum atomic E-state index is 12.6. The normalized spacial score (nSPS) is 13.8. The first-order valence-corrected chi connectivity index (χ1v) is 10.5. The second-order valence-electron chi connectivity index (χ2n) is 8.97. The van der Waals surface area contributed by atoms with E-state index in [-0.39, 0.29) is 43.1 Å². The predicted molar refractivity (Wildman–Crippen MR) is 121 cm³/mol. The first-order chi connectivity index (χ1) is 15.2. The molecule has 1 aliphatic rings. The summed E-state index contributed by atoms with van der Waals surface area (Å²) >= 11 is 0. The van der Waals surface area contributed by atoms with Gasteiger partial charge in [0.2, 0.25) is 12.7 Å². The molecule has 3 aromatic rings. The number of ether oxygens (including phenoxy) is 2. The van der Waals surface area contributed by atoms with Crippen LogP contribution in [0.3, 0.4) is 0 Å². The van der Waals surface area contributed by atoms with Gasteiger partial charge in [0.15, 0.2) is 11.5 Å². The van der Waals surface area contributed by atoms with Crippen molar-refractivity contribution in [1.29, 1.82) is 0 Å². The Morgan fingerprint density at radius 3 is 2.62 bits per heavy atom. The summed E-state index contributed by atoms with van der Waals surface area (Å²) in [5, 5.41) is 16.1. The molecule has 4 rings (SSSR count). The predicted octanol–water partition coefficient (Wildman–Crippen LogP) is 3.21. The minimum absolute atomic E-state index is 0.144. The molecule has 2 heterocycles. The van der Waals surface area contributed by atoms with Gasteiger partial charge in [-0.15, -0.1) is 0 Å². The Morgan fingerprint density at radius 2 is 1.88 bits per heavy atom. The maximum absolute atomic E-state index is 12.6. The standard InChI is InChI=1S/C24H27N3O5/c1-24(2,3)21(12-28)27-23(30)18-11-15-10-16(5-6-17(15)26-18)25-22(29)9-14-4-7-19-20(8-14)32-13-31-19/h4-8,10-11,21,26,28H,9,12-13H2,1-3H3,(H,25,29)(H,27,30)/t21-/m1/s1. The Bertz CT molecular complexity index is 1160. The molecule has 0 spiro atoms. The zero-order valence-electron chi connectivity index (χ0n) is 18.3. The quantitative estimate of drug-likeness (QED) is 0.473. The topological polar surface area (TPSA) is 113 Å². The van der Waals surface area contributed by atoms with Gasteiger partial charge in [-0.05, 0) is 47.4 Å². The van der Waals surface area contributed by atoms with Crippen molar-refractivity contribution >= 4 is 28.4 Å². The van der Waals surface area contributed by atoms with E-state index >= 15 is 0 Å². The van der Waals surface area contributed by atoms with Crippen LogP contribution in [0.15, 0.2) is 42.5 Å². The summed E-state index contributed by atoms with van der Waals surface area (Å²) in [6.07, 6.45) is 0.199. The SMILES string of the molecule is CC(C)(C)[C@@H](CO)NC(=O)c1cc2cc(NC(=O)Cc3ccc4c(c3)OCO4)ccc2[nH]1. The number of H-pyrrole nitrogens is 1. The van der Waals surface area contributed by atoms with Crippen LogP contribution < -0.4 is 20.1 Å². The lowest BCUT2D eigenvalue weighted by molar-refractivity contribution is -0.115. The van der Waals surface area contributed by atoms with E-state index in [4.69, 9.17) is 9.47 Å². The molecule has 1 aromatic heterocycles. The molecule has 32 heavy (non-hydrogen) atoms. The number of fused-ring (bicyclic) bond motifs is 2. The van der Waals surface area contributed by atoms with Crippen molar-refractivity contribution in [3.8, 4) is 11.5 Å². The Hall–Kier alpha value is -3.52. The van der Waals surface area contributed by atoms with Gasteiger partial charge in [-0.2, -0.15) is 0 Å². The number of nitrogens with one attached hydrogen (secondary N) is 3. The molecule has 0 saturated carbocycles. The molecule has 0 fully saturated rings. The maximum Gasteiger partial charge on any atom is 0.268 e. The number of carbonyl (C=O) groups excluding carboxylic acids is 2. The van der Waals surface area contributed by atoms with Gasteiger partial charge >= 0.3 is 0 Å². The molecule has 4 N–H and O–H groups in total. The van der Waals surface area contributed by atoms with E-state index < -0.39 is 0 Å². The Labute approximate surface area is 185 Å². The average molecular weight is 437 g/mol. The molecule has 8 heteroatoms. The highest BCUT2D eigenvalue weighted by Crippen LogP contribution is 2.32. The summed E-state index contributed by atoms with van der Waals surface area (Å²) in [7, 11) is 0. The van der Waals surface area contributed by atoms with Crippen LogP contribution >= 0.6 is 0 Å². The fourth-order valence-electron chi connectivity index (χ4n) is 3.55. The summed E-state index contributed by atoms with van der Waals surface area (Å²) in [6.45, 7) is 5.92. The molecule has 2 aromatic carbocycles. The minimum atomic E-state index is -0.368.